The van der Waals surface area contributed by atoms with Crippen molar-refractivity contribution in [2.24, 2.45) is 0 Å². The Balaban J connectivity index is 2.50. The van der Waals surface area contributed by atoms with Crippen LogP contribution in [0.25, 0.3) is 0 Å². The maximum absolute atomic E-state index is 12.3. The second kappa shape index (κ2) is 6.87. The van der Waals surface area contributed by atoms with Crippen LogP contribution in [0.5, 0.6) is 0 Å². The van der Waals surface area contributed by atoms with Crippen molar-refractivity contribution in [1.82, 2.24) is 0 Å². The summed E-state index contributed by atoms with van der Waals surface area (Å²) in [6, 6.07) is 9.65. The SMILES string of the molecule is CC(=C(F)F)C(Br)C(O)CCc1ccccc1. The van der Waals surface area contributed by atoms with E-state index < -0.39 is 17.0 Å². The normalized spacial score (nSPS) is 14.2. The van der Waals surface area contributed by atoms with Gasteiger partial charge in [-0.3, -0.25) is 0 Å². The average molecular weight is 305 g/mol. The van der Waals surface area contributed by atoms with Gasteiger partial charge in [0, 0.05) is 5.57 Å². The van der Waals surface area contributed by atoms with Crippen molar-refractivity contribution in [3.05, 3.63) is 47.5 Å². The summed E-state index contributed by atoms with van der Waals surface area (Å²) in [5.41, 5.74) is 0.985. The Kier molecular flexibility index (Phi) is 5.78. The molecule has 0 radical (unpaired) electrons. The standard InChI is InChI=1S/C13H15BrF2O/c1-9(13(15)16)12(14)11(17)8-7-10-5-3-2-4-6-10/h2-6,11-12,17H,7-8H2,1H3. The number of aryl methyl sites for hydroxylation is 1. The molecule has 1 aromatic rings. The maximum atomic E-state index is 12.3. The zero-order valence-electron chi connectivity index (χ0n) is 9.54. The highest BCUT2D eigenvalue weighted by Gasteiger charge is 2.20. The molecule has 2 unspecified atom stereocenters. The van der Waals surface area contributed by atoms with Gasteiger partial charge in [-0.25, -0.2) is 0 Å². The van der Waals surface area contributed by atoms with Crippen LogP contribution in [0, 0.1) is 0 Å². The Labute approximate surface area is 108 Å². The van der Waals surface area contributed by atoms with Crippen LogP contribution in [-0.2, 0) is 6.42 Å². The van der Waals surface area contributed by atoms with E-state index in [1.807, 2.05) is 30.3 Å². The van der Waals surface area contributed by atoms with E-state index >= 15 is 0 Å². The van der Waals surface area contributed by atoms with E-state index in [-0.39, 0.29) is 5.57 Å². The molecule has 0 aliphatic heterocycles. The minimum Gasteiger partial charge on any atom is -0.392 e. The van der Waals surface area contributed by atoms with Crippen LogP contribution >= 0.6 is 15.9 Å². The first-order valence-corrected chi connectivity index (χ1v) is 6.31. The van der Waals surface area contributed by atoms with E-state index in [1.54, 1.807) is 0 Å². The number of aliphatic hydroxyl groups excluding tert-OH is 1. The number of alkyl halides is 1. The van der Waals surface area contributed by atoms with Crippen molar-refractivity contribution in [1.29, 1.82) is 0 Å². The van der Waals surface area contributed by atoms with Gasteiger partial charge in [-0.15, -0.1) is 0 Å². The van der Waals surface area contributed by atoms with Crippen molar-refractivity contribution in [2.75, 3.05) is 0 Å². The first kappa shape index (κ1) is 14.3. The molecule has 0 aliphatic rings. The van der Waals surface area contributed by atoms with Gasteiger partial charge >= 0.3 is 0 Å². The van der Waals surface area contributed by atoms with E-state index in [0.29, 0.717) is 12.8 Å². The molecule has 94 valence electrons. The molecule has 0 aliphatic carbocycles. The van der Waals surface area contributed by atoms with Gasteiger partial charge in [0.1, 0.15) is 0 Å². The zero-order chi connectivity index (χ0) is 12.8. The minimum absolute atomic E-state index is 0.106. The van der Waals surface area contributed by atoms with Crippen LogP contribution in [0.3, 0.4) is 0 Å². The maximum Gasteiger partial charge on any atom is 0.270 e. The van der Waals surface area contributed by atoms with Crippen LogP contribution in [0.4, 0.5) is 8.78 Å². The fourth-order valence-corrected chi connectivity index (χ4v) is 1.94. The third-order valence-electron chi connectivity index (χ3n) is 2.62. The Bertz CT molecular complexity index is 374. The van der Waals surface area contributed by atoms with Crippen LogP contribution in [0.15, 0.2) is 42.0 Å². The average Bonchev–Trinajstić information content (AvgIpc) is 2.35. The van der Waals surface area contributed by atoms with Crippen molar-refractivity contribution >= 4 is 15.9 Å². The smallest absolute Gasteiger partial charge is 0.270 e. The predicted octanol–water partition coefficient (Wildman–Crippen LogP) is 3.91. The van der Waals surface area contributed by atoms with Crippen molar-refractivity contribution < 1.29 is 13.9 Å². The van der Waals surface area contributed by atoms with Gasteiger partial charge in [0.25, 0.3) is 6.08 Å². The molecule has 0 amide bonds. The summed E-state index contributed by atoms with van der Waals surface area (Å²) in [6.07, 6.45) is -1.42. The lowest BCUT2D eigenvalue weighted by atomic mass is 10.0. The van der Waals surface area contributed by atoms with Crippen LogP contribution in [0.1, 0.15) is 18.9 Å². The highest BCUT2D eigenvalue weighted by atomic mass is 79.9. The molecule has 2 atom stereocenters. The van der Waals surface area contributed by atoms with Gasteiger partial charge < -0.3 is 5.11 Å². The second-order valence-corrected chi connectivity index (χ2v) is 4.92. The Morgan fingerprint density at radius 2 is 1.88 bits per heavy atom. The summed E-state index contributed by atoms with van der Waals surface area (Å²) in [6.45, 7) is 1.32. The first-order valence-electron chi connectivity index (χ1n) is 5.40. The van der Waals surface area contributed by atoms with Gasteiger partial charge in [-0.05, 0) is 25.3 Å². The summed E-state index contributed by atoms with van der Waals surface area (Å²) >= 11 is 3.09. The third-order valence-corrected chi connectivity index (χ3v) is 3.92. The summed E-state index contributed by atoms with van der Waals surface area (Å²) in [5, 5.41) is 9.78. The molecule has 1 N–H and O–H groups in total. The van der Waals surface area contributed by atoms with E-state index in [0.717, 1.165) is 5.56 Å². The summed E-state index contributed by atoms with van der Waals surface area (Å²) < 4.78 is 24.7. The molecule has 0 spiro atoms. The lowest BCUT2D eigenvalue weighted by molar-refractivity contribution is 0.170. The summed E-state index contributed by atoms with van der Waals surface area (Å²) in [5.74, 6) is 0. The summed E-state index contributed by atoms with van der Waals surface area (Å²) in [7, 11) is 0. The lowest BCUT2D eigenvalue weighted by Gasteiger charge is -2.17. The number of aliphatic hydroxyl groups is 1. The summed E-state index contributed by atoms with van der Waals surface area (Å²) in [4.78, 5) is -0.684. The number of hydrogen-bond acceptors (Lipinski definition) is 1. The fraction of sp³-hybridized carbons (Fsp3) is 0.385. The van der Waals surface area contributed by atoms with Gasteiger partial charge in [0.05, 0.1) is 10.9 Å². The minimum atomic E-state index is -1.73. The third kappa shape index (κ3) is 4.56. The van der Waals surface area contributed by atoms with E-state index in [1.165, 1.54) is 6.92 Å². The number of halogens is 3. The van der Waals surface area contributed by atoms with E-state index in [9.17, 15) is 13.9 Å². The Morgan fingerprint density at radius 3 is 2.41 bits per heavy atom. The van der Waals surface area contributed by atoms with Crippen molar-refractivity contribution in [3.8, 4) is 0 Å². The lowest BCUT2D eigenvalue weighted by Crippen LogP contribution is -2.22. The largest absolute Gasteiger partial charge is 0.392 e. The molecule has 0 fully saturated rings. The first-order chi connectivity index (χ1) is 8.02. The monoisotopic (exact) mass is 304 g/mol. The Morgan fingerprint density at radius 1 is 1.29 bits per heavy atom. The Hall–Kier alpha value is -0.740. The quantitative estimate of drug-likeness (QED) is 0.818. The fourth-order valence-electron chi connectivity index (χ4n) is 1.50. The zero-order valence-corrected chi connectivity index (χ0v) is 11.1. The predicted molar refractivity (Wildman–Crippen MR) is 68.4 cm³/mol. The van der Waals surface area contributed by atoms with Crippen molar-refractivity contribution in [3.63, 3.8) is 0 Å². The molecule has 0 bridgehead atoms. The van der Waals surface area contributed by atoms with E-state index in [4.69, 9.17) is 0 Å². The van der Waals surface area contributed by atoms with Gasteiger partial charge in [0.2, 0.25) is 0 Å². The molecule has 0 saturated carbocycles. The molecule has 0 aromatic heterocycles. The molecule has 1 rings (SSSR count). The van der Waals surface area contributed by atoms with Gasteiger partial charge in [-0.2, -0.15) is 8.78 Å². The topological polar surface area (TPSA) is 20.2 Å². The van der Waals surface area contributed by atoms with Crippen LogP contribution < -0.4 is 0 Å². The van der Waals surface area contributed by atoms with Gasteiger partial charge in [-0.1, -0.05) is 46.3 Å². The highest BCUT2D eigenvalue weighted by molar-refractivity contribution is 9.09. The molecule has 1 nitrogen and oxygen atoms in total. The van der Waals surface area contributed by atoms with Crippen LogP contribution in [0.2, 0.25) is 0 Å². The number of benzene rings is 1. The van der Waals surface area contributed by atoms with Crippen LogP contribution in [-0.4, -0.2) is 16.0 Å². The number of hydrogen-bond donors (Lipinski definition) is 1. The second-order valence-electron chi connectivity index (χ2n) is 3.94. The van der Waals surface area contributed by atoms with E-state index in [2.05, 4.69) is 15.9 Å². The molecular formula is C13H15BrF2O. The molecule has 17 heavy (non-hydrogen) atoms. The molecule has 1 aromatic carbocycles. The number of rotatable bonds is 5. The molecular weight excluding hydrogens is 290 g/mol. The molecule has 0 heterocycles. The molecule has 0 saturated heterocycles. The highest BCUT2D eigenvalue weighted by Crippen LogP contribution is 2.23. The van der Waals surface area contributed by atoms with Gasteiger partial charge in [0.15, 0.2) is 0 Å². The molecule has 4 heteroatoms. The van der Waals surface area contributed by atoms with Crippen molar-refractivity contribution in [2.45, 2.75) is 30.7 Å².